The number of rotatable bonds is 38. The lowest BCUT2D eigenvalue weighted by Gasteiger charge is -2.14. The Morgan fingerprint density at radius 3 is 1.16 bits per heavy atom. The van der Waals surface area contributed by atoms with Crippen molar-refractivity contribution in [2.75, 3.05) is 19.7 Å². The molecule has 0 heterocycles. The quantitative estimate of drug-likeness (QED) is 0.0671. The van der Waals surface area contributed by atoms with Crippen molar-refractivity contribution in [2.24, 2.45) is 0 Å². The summed E-state index contributed by atoms with van der Waals surface area (Å²) in [5.41, 5.74) is 1.10. The predicted molar refractivity (Wildman–Crippen MR) is 221 cm³/mol. The van der Waals surface area contributed by atoms with Crippen molar-refractivity contribution in [1.82, 2.24) is 10.6 Å². The molecule has 2 amide bonds. The van der Waals surface area contributed by atoms with E-state index in [9.17, 15) is 9.59 Å². The smallest absolute Gasteiger partial charge is 0.255 e. The molecule has 0 spiro atoms. The number of nitrogens with one attached hydrogen (secondary N) is 2. The van der Waals surface area contributed by atoms with Gasteiger partial charge in [-0.15, -0.1) is 0 Å². The number of carbonyl (C=O) groups is 2. The Kier molecular flexibility index (Phi) is 33.5. The van der Waals surface area contributed by atoms with Crippen LogP contribution in [0.5, 0.6) is 5.75 Å². The van der Waals surface area contributed by atoms with Gasteiger partial charge in [-0.05, 0) is 37.5 Å². The van der Waals surface area contributed by atoms with E-state index in [4.69, 9.17) is 4.74 Å². The predicted octanol–water partition coefficient (Wildman–Crippen LogP) is 14.1. The zero-order chi connectivity index (χ0) is 36.9. The minimum absolute atomic E-state index is 0.0848. The van der Waals surface area contributed by atoms with E-state index in [1.807, 2.05) is 0 Å². The van der Waals surface area contributed by atoms with Crippen molar-refractivity contribution in [3.63, 3.8) is 0 Å². The van der Waals surface area contributed by atoms with E-state index in [0.29, 0.717) is 36.6 Å². The number of unbranched alkanes of at least 4 members (excludes halogenated alkanes) is 29. The van der Waals surface area contributed by atoms with Gasteiger partial charge in [0.25, 0.3) is 11.8 Å². The highest BCUT2D eigenvalue weighted by Crippen LogP contribution is 2.22. The van der Waals surface area contributed by atoms with Crippen molar-refractivity contribution < 1.29 is 14.3 Å². The van der Waals surface area contributed by atoms with Crippen LogP contribution in [0.1, 0.15) is 247 Å². The van der Waals surface area contributed by atoms with Crippen LogP contribution in [0.15, 0.2) is 18.2 Å². The molecule has 1 aromatic rings. The van der Waals surface area contributed by atoms with E-state index in [-0.39, 0.29) is 11.8 Å². The van der Waals surface area contributed by atoms with Gasteiger partial charge in [0, 0.05) is 18.7 Å². The van der Waals surface area contributed by atoms with E-state index in [1.165, 1.54) is 167 Å². The van der Waals surface area contributed by atoms with E-state index in [0.717, 1.165) is 38.5 Å². The molecule has 0 radical (unpaired) electrons. The maximum Gasteiger partial charge on any atom is 0.255 e. The Labute approximate surface area is 317 Å². The van der Waals surface area contributed by atoms with Crippen LogP contribution < -0.4 is 15.4 Å². The lowest BCUT2D eigenvalue weighted by Crippen LogP contribution is -2.26. The highest BCUT2D eigenvalue weighted by atomic mass is 16.5. The van der Waals surface area contributed by atoms with E-state index in [1.54, 1.807) is 18.2 Å². The van der Waals surface area contributed by atoms with Crippen molar-refractivity contribution in [3.05, 3.63) is 29.3 Å². The summed E-state index contributed by atoms with van der Waals surface area (Å²) in [6.45, 7) is 8.74. The molecule has 0 aliphatic carbocycles. The topological polar surface area (TPSA) is 67.4 Å². The van der Waals surface area contributed by atoms with Gasteiger partial charge in [-0.25, -0.2) is 0 Å². The Bertz CT molecular complexity index is 933. The minimum atomic E-state index is -0.104. The molecule has 296 valence electrons. The lowest BCUT2D eigenvalue weighted by molar-refractivity contribution is 0.0937. The second kappa shape index (κ2) is 36.3. The standard InChI is InChI=1S/C46H84N2O3/c1-4-7-10-13-16-19-22-23-26-29-32-35-40-51-44-41-42(45(49)47-38-33-30-27-24-20-17-14-11-8-5-2)36-37-43(44)46(50)48-39-34-31-28-25-21-18-15-12-9-6-3/h36-37,41H,4-35,38-40H2,1-3H3,(H,47,49)(H,48,50). The summed E-state index contributed by atoms with van der Waals surface area (Å²) >= 11 is 0. The third kappa shape index (κ3) is 28.2. The van der Waals surface area contributed by atoms with E-state index < -0.39 is 0 Å². The van der Waals surface area contributed by atoms with Gasteiger partial charge in [0.15, 0.2) is 0 Å². The number of amides is 2. The Hall–Kier alpha value is -2.04. The maximum atomic E-state index is 13.2. The van der Waals surface area contributed by atoms with Gasteiger partial charge in [0.05, 0.1) is 12.2 Å². The van der Waals surface area contributed by atoms with Gasteiger partial charge in [-0.1, -0.05) is 207 Å². The average Bonchev–Trinajstić information content (AvgIpc) is 3.14. The number of benzene rings is 1. The normalized spacial score (nSPS) is 11.2. The fraction of sp³-hybridized carbons (Fsp3) is 0.826. The monoisotopic (exact) mass is 713 g/mol. The van der Waals surface area contributed by atoms with Crippen molar-refractivity contribution in [2.45, 2.75) is 226 Å². The van der Waals surface area contributed by atoms with Gasteiger partial charge < -0.3 is 15.4 Å². The lowest BCUT2D eigenvalue weighted by atomic mass is 10.1. The number of ether oxygens (including phenoxy) is 1. The van der Waals surface area contributed by atoms with Crippen molar-refractivity contribution in [3.8, 4) is 5.75 Å². The molecule has 0 aliphatic rings. The molecule has 0 aromatic heterocycles. The first-order valence-electron chi connectivity index (χ1n) is 22.5. The first-order chi connectivity index (χ1) is 25.1. The average molecular weight is 713 g/mol. The Morgan fingerprint density at radius 1 is 0.431 bits per heavy atom. The second-order valence-corrected chi connectivity index (χ2v) is 15.3. The summed E-state index contributed by atoms with van der Waals surface area (Å²) in [6.07, 6.45) is 41.1. The van der Waals surface area contributed by atoms with Gasteiger partial charge in [-0.3, -0.25) is 9.59 Å². The fourth-order valence-electron chi connectivity index (χ4n) is 6.92. The van der Waals surface area contributed by atoms with Crippen molar-refractivity contribution >= 4 is 11.8 Å². The minimum Gasteiger partial charge on any atom is -0.493 e. The van der Waals surface area contributed by atoms with Gasteiger partial charge in [0.2, 0.25) is 0 Å². The van der Waals surface area contributed by atoms with Crippen LogP contribution in [-0.2, 0) is 0 Å². The Morgan fingerprint density at radius 2 is 0.765 bits per heavy atom. The van der Waals surface area contributed by atoms with Crippen LogP contribution in [0.25, 0.3) is 0 Å². The van der Waals surface area contributed by atoms with Gasteiger partial charge in [-0.2, -0.15) is 0 Å². The zero-order valence-electron chi connectivity index (χ0n) is 34.2. The summed E-state index contributed by atoms with van der Waals surface area (Å²) in [5.74, 6) is 0.344. The maximum absolute atomic E-state index is 13.2. The molecule has 0 saturated carbocycles. The molecule has 5 heteroatoms. The van der Waals surface area contributed by atoms with E-state index >= 15 is 0 Å². The molecule has 51 heavy (non-hydrogen) atoms. The molecular weight excluding hydrogens is 629 g/mol. The molecule has 1 rings (SSSR count). The zero-order valence-corrected chi connectivity index (χ0v) is 34.2. The molecule has 2 N–H and O–H groups in total. The van der Waals surface area contributed by atoms with Crippen LogP contribution in [0.2, 0.25) is 0 Å². The highest BCUT2D eigenvalue weighted by Gasteiger charge is 2.16. The van der Waals surface area contributed by atoms with Crippen LogP contribution in [0.4, 0.5) is 0 Å². The highest BCUT2D eigenvalue weighted by molar-refractivity contribution is 6.00. The molecule has 0 aliphatic heterocycles. The molecule has 0 unspecified atom stereocenters. The first kappa shape index (κ1) is 47.0. The van der Waals surface area contributed by atoms with Gasteiger partial charge in [0.1, 0.15) is 5.75 Å². The summed E-state index contributed by atoms with van der Waals surface area (Å²) in [4.78, 5) is 26.3. The summed E-state index contributed by atoms with van der Waals surface area (Å²) < 4.78 is 6.22. The third-order valence-electron chi connectivity index (χ3n) is 10.4. The summed E-state index contributed by atoms with van der Waals surface area (Å²) in [7, 11) is 0. The van der Waals surface area contributed by atoms with Crippen LogP contribution in [0.3, 0.4) is 0 Å². The van der Waals surface area contributed by atoms with Gasteiger partial charge >= 0.3 is 0 Å². The number of hydrogen-bond acceptors (Lipinski definition) is 3. The molecule has 0 fully saturated rings. The number of carbonyl (C=O) groups excluding carboxylic acids is 2. The Balaban J connectivity index is 2.47. The van der Waals surface area contributed by atoms with E-state index in [2.05, 4.69) is 31.4 Å². The van der Waals surface area contributed by atoms with Crippen LogP contribution in [-0.4, -0.2) is 31.5 Å². The first-order valence-corrected chi connectivity index (χ1v) is 22.5. The molecular formula is C46H84N2O3. The number of hydrogen-bond donors (Lipinski definition) is 2. The SMILES string of the molecule is CCCCCCCCCCCCCCOc1cc(C(=O)NCCCCCCCCCCCC)ccc1C(=O)NCCCCCCCCCCCC. The molecule has 1 aromatic carbocycles. The molecule has 0 saturated heterocycles. The molecule has 0 bridgehead atoms. The largest absolute Gasteiger partial charge is 0.493 e. The van der Waals surface area contributed by atoms with Crippen LogP contribution >= 0.6 is 0 Å². The fourth-order valence-corrected chi connectivity index (χ4v) is 6.92. The second-order valence-electron chi connectivity index (χ2n) is 15.3. The molecule has 0 atom stereocenters. The summed E-state index contributed by atoms with van der Waals surface area (Å²) in [5, 5.41) is 6.22. The summed E-state index contributed by atoms with van der Waals surface area (Å²) in [6, 6.07) is 5.34. The third-order valence-corrected chi connectivity index (χ3v) is 10.4. The molecule has 5 nitrogen and oxygen atoms in total. The van der Waals surface area contributed by atoms with Crippen molar-refractivity contribution in [1.29, 1.82) is 0 Å². The van der Waals surface area contributed by atoms with Crippen LogP contribution in [0, 0.1) is 0 Å².